The second-order valence-electron chi connectivity index (χ2n) is 3.40. The molecule has 88 valence electrons. The smallest absolute Gasteiger partial charge is 0.259 e. The minimum atomic E-state index is -0.592. The Labute approximate surface area is 105 Å². The number of aromatic nitrogens is 1. The Kier molecular flexibility index (Phi) is 3.23. The van der Waals surface area contributed by atoms with E-state index < -0.39 is 11.7 Å². The number of halogens is 2. The van der Waals surface area contributed by atoms with Gasteiger partial charge < -0.3 is 9.84 Å². The summed E-state index contributed by atoms with van der Waals surface area (Å²) in [4.78, 5) is 11.7. The maximum Gasteiger partial charge on any atom is 0.259 e. The van der Waals surface area contributed by atoms with Crippen LogP contribution in [-0.4, -0.2) is 11.1 Å². The second kappa shape index (κ2) is 4.67. The van der Waals surface area contributed by atoms with Crippen molar-refractivity contribution in [2.45, 2.75) is 6.92 Å². The van der Waals surface area contributed by atoms with Crippen LogP contribution in [0.3, 0.4) is 0 Å². The molecule has 1 amide bonds. The molecule has 1 heterocycles. The van der Waals surface area contributed by atoms with E-state index in [1.165, 1.54) is 18.2 Å². The number of hydrogen-bond acceptors (Lipinski definition) is 3. The molecule has 0 spiro atoms. The molecule has 0 aliphatic rings. The Morgan fingerprint density at radius 3 is 2.88 bits per heavy atom. The first-order valence-electron chi connectivity index (χ1n) is 4.76. The number of nitrogens with zero attached hydrogens (tertiary/aromatic N) is 1. The molecule has 0 aliphatic heterocycles. The maximum atomic E-state index is 13.4. The normalized spacial score (nSPS) is 10.3. The molecule has 0 bridgehead atoms. The highest BCUT2D eigenvalue weighted by Crippen LogP contribution is 2.17. The van der Waals surface area contributed by atoms with Crippen LogP contribution >= 0.6 is 15.9 Å². The van der Waals surface area contributed by atoms with Crippen LogP contribution in [-0.2, 0) is 0 Å². The Bertz CT molecular complexity index is 568. The van der Waals surface area contributed by atoms with Crippen molar-refractivity contribution >= 4 is 27.7 Å². The predicted molar refractivity (Wildman–Crippen MR) is 63.3 cm³/mol. The molecule has 0 unspecified atom stereocenters. The minimum Gasteiger partial charge on any atom is -0.360 e. The summed E-state index contributed by atoms with van der Waals surface area (Å²) in [6, 6.07) is 5.69. The van der Waals surface area contributed by atoms with E-state index >= 15 is 0 Å². The van der Waals surface area contributed by atoms with Crippen LogP contribution < -0.4 is 5.32 Å². The van der Waals surface area contributed by atoms with Gasteiger partial charge in [-0.3, -0.25) is 4.79 Å². The van der Waals surface area contributed by atoms with Crippen LogP contribution in [0.5, 0.6) is 0 Å². The molecule has 0 radical (unpaired) electrons. The number of aryl methyl sites for hydroxylation is 1. The van der Waals surface area contributed by atoms with Crippen molar-refractivity contribution in [2.75, 3.05) is 5.32 Å². The molecule has 6 heteroatoms. The SMILES string of the molecule is Cc1cc(NC(=O)c2cc(Br)ccc2F)no1. The lowest BCUT2D eigenvalue weighted by atomic mass is 10.2. The van der Waals surface area contributed by atoms with Gasteiger partial charge in [0, 0.05) is 10.5 Å². The van der Waals surface area contributed by atoms with Crippen molar-refractivity contribution in [1.29, 1.82) is 0 Å². The van der Waals surface area contributed by atoms with Crippen LogP contribution in [0.4, 0.5) is 10.2 Å². The molecule has 4 nitrogen and oxygen atoms in total. The number of nitrogens with one attached hydrogen (secondary N) is 1. The third kappa shape index (κ3) is 2.71. The highest BCUT2D eigenvalue weighted by atomic mass is 79.9. The first-order chi connectivity index (χ1) is 8.06. The van der Waals surface area contributed by atoms with Crippen LogP contribution in [0.15, 0.2) is 33.3 Å². The summed E-state index contributed by atoms with van der Waals surface area (Å²) in [5.41, 5.74) is -0.0555. The van der Waals surface area contributed by atoms with Gasteiger partial charge in [-0.05, 0) is 25.1 Å². The Hall–Kier alpha value is -1.69. The molecule has 0 saturated heterocycles. The fourth-order valence-electron chi connectivity index (χ4n) is 1.28. The van der Waals surface area contributed by atoms with E-state index in [0.717, 1.165) is 0 Å². The number of anilines is 1. The minimum absolute atomic E-state index is 0.0555. The largest absolute Gasteiger partial charge is 0.360 e. The molecular formula is C11H8BrFN2O2. The fraction of sp³-hybridized carbons (Fsp3) is 0.0909. The van der Waals surface area contributed by atoms with Gasteiger partial charge in [0.05, 0.1) is 5.56 Å². The zero-order valence-electron chi connectivity index (χ0n) is 8.83. The zero-order chi connectivity index (χ0) is 12.4. The summed E-state index contributed by atoms with van der Waals surface area (Å²) in [6.45, 7) is 1.70. The number of amides is 1. The van der Waals surface area contributed by atoms with Gasteiger partial charge in [-0.25, -0.2) is 4.39 Å². The van der Waals surface area contributed by atoms with Crippen LogP contribution in [0.25, 0.3) is 0 Å². The first kappa shape index (κ1) is 11.8. The van der Waals surface area contributed by atoms with Gasteiger partial charge in [0.2, 0.25) is 0 Å². The number of carbonyl (C=O) groups excluding carboxylic acids is 1. The van der Waals surface area contributed by atoms with Gasteiger partial charge in [-0.15, -0.1) is 0 Å². The van der Waals surface area contributed by atoms with E-state index in [-0.39, 0.29) is 11.4 Å². The van der Waals surface area contributed by atoms with E-state index in [4.69, 9.17) is 4.52 Å². The molecule has 0 saturated carbocycles. The van der Waals surface area contributed by atoms with Gasteiger partial charge in [0.15, 0.2) is 5.82 Å². The van der Waals surface area contributed by atoms with E-state index in [0.29, 0.717) is 10.2 Å². The average molecular weight is 299 g/mol. The zero-order valence-corrected chi connectivity index (χ0v) is 10.4. The molecule has 1 N–H and O–H groups in total. The molecule has 0 fully saturated rings. The average Bonchev–Trinajstić information content (AvgIpc) is 2.67. The Morgan fingerprint density at radius 2 is 2.24 bits per heavy atom. The van der Waals surface area contributed by atoms with Crippen molar-refractivity contribution in [3.63, 3.8) is 0 Å². The van der Waals surface area contributed by atoms with Crippen molar-refractivity contribution in [3.8, 4) is 0 Å². The second-order valence-corrected chi connectivity index (χ2v) is 4.32. The topological polar surface area (TPSA) is 55.1 Å². The summed E-state index contributed by atoms with van der Waals surface area (Å²) in [5, 5.41) is 6.03. The quantitative estimate of drug-likeness (QED) is 0.927. The van der Waals surface area contributed by atoms with E-state index in [1.807, 2.05) is 0 Å². The van der Waals surface area contributed by atoms with E-state index in [2.05, 4.69) is 26.4 Å². The van der Waals surface area contributed by atoms with Crippen LogP contribution in [0.2, 0.25) is 0 Å². The summed E-state index contributed by atoms with van der Waals surface area (Å²) in [6.07, 6.45) is 0. The standard InChI is InChI=1S/C11H8BrFN2O2/c1-6-4-10(15-17-6)14-11(16)8-5-7(12)2-3-9(8)13/h2-5H,1H3,(H,14,15,16). The third-order valence-electron chi connectivity index (χ3n) is 2.04. The van der Waals surface area contributed by atoms with Crippen LogP contribution in [0.1, 0.15) is 16.1 Å². The lowest BCUT2D eigenvalue weighted by Gasteiger charge is -2.03. The van der Waals surface area contributed by atoms with Crippen molar-refractivity contribution in [3.05, 3.63) is 45.9 Å². The van der Waals surface area contributed by atoms with E-state index in [9.17, 15) is 9.18 Å². The van der Waals surface area contributed by atoms with Crippen molar-refractivity contribution in [1.82, 2.24) is 5.16 Å². The molecule has 2 rings (SSSR count). The molecule has 2 aromatic rings. The van der Waals surface area contributed by atoms with Crippen LogP contribution in [0, 0.1) is 12.7 Å². The molecule has 0 atom stereocenters. The monoisotopic (exact) mass is 298 g/mol. The highest BCUT2D eigenvalue weighted by Gasteiger charge is 2.13. The van der Waals surface area contributed by atoms with Gasteiger partial charge >= 0.3 is 0 Å². The van der Waals surface area contributed by atoms with Gasteiger partial charge in [0.25, 0.3) is 5.91 Å². The van der Waals surface area contributed by atoms with E-state index in [1.54, 1.807) is 13.0 Å². The molecule has 17 heavy (non-hydrogen) atoms. The van der Waals surface area contributed by atoms with Crippen molar-refractivity contribution in [2.24, 2.45) is 0 Å². The highest BCUT2D eigenvalue weighted by molar-refractivity contribution is 9.10. The Balaban J connectivity index is 2.22. The van der Waals surface area contributed by atoms with Crippen molar-refractivity contribution < 1.29 is 13.7 Å². The fourth-order valence-corrected chi connectivity index (χ4v) is 1.64. The lowest BCUT2D eigenvalue weighted by Crippen LogP contribution is -2.13. The summed E-state index contributed by atoms with van der Waals surface area (Å²) in [7, 11) is 0. The summed E-state index contributed by atoms with van der Waals surface area (Å²) < 4.78 is 18.8. The number of carbonyl (C=O) groups is 1. The van der Waals surface area contributed by atoms with Gasteiger partial charge in [-0.1, -0.05) is 21.1 Å². The molecule has 0 aliphatic carbocycles. The molecular weight excluding hydrogens is 291 g/mol. The first-order valence-corrected chi connectivity index (χ1v) is 5.55. The molecule has 1 aromatic carbocycles. The number of hydrogen-bond donors (Lipinski definition) is 1. The lowest BCUT2D eigenvalue weighted by molar-refractivity contribution is 0.102. The maximum absolute atomic E-state index is 13.4. The van der Waals surface area contributed by atoms with Gasteiger partial charge in [0.1, 0.15) is 11.6 Å². The Morgan fingerprint density at radius 1 is 1.47 bits per heavy atom. The summed E-state index contributed by atoms with van der Waals surface area (Å²) in [5.74, 6) is -0.343. The molecule has 1 aromatic heterocycles. The third-order valence-corrected chi connectivity index (χ3v) is 2.54. The van der Waals surface area contributed by atoms with Gasteiger partial charge in [-0.2, -0.15) is 0 Å². The number of rotatable bonds is 2. The predicted octanol–water partition coefficient (Wildman–Crippen LogP) is 3.14. The summed E-state index contributed by atoms with van der Waals surface area (Å²) >= 11 is 3.17. The number of benzene rings is 1.